The fourth-order valence-corrected chi connectivity index (χ4v) is 2.94. The summed E-state index contributed by atoms with van der Waals surface area (Å²) >= 11 is 5.72. The maximum atomic E-state index is 13.4. The number of alkyl halides is 3. The number of hydrogen-bond donors (Lipinski definition) is 2. The first-order chi connectivity index (χ1) is 15.8. The van der Waals surface area contributed by atoms with E-state index in [1.165, 1.54) is 24.7 Å². The van der Waals surface area contributed by atoms with Crippen LogP contribution in [0.15, 0.2) is 77.3 Å². The van der Waals surface area contributed by atoms with Gasteiger partial charge in [-0.3, -0.25) is 4.98 Å². The standard InChI is InChI=1S/C21H14ClF3N8/c22-12-6-7-15(14(10-12)21(23,24)25)32-33-17-18(26)30-19(16-11-27-8-9-28-16)31-20(17)29-13-4-2-1-3-5-13/h1-11H,(H3,26,29,30,31). The number of nitrogens with two attached hydrogens (primary N) is 1. The number of para-hydroxylation sites is 1. The number of halogens is 4. The fraction of sp³-hybridized carbons (Fsp3) is 0.0476. The van der Waals surface area contributed by atoms with Gasteiger partial charge in [0.25, 0.3) is 0 Å². The van der Waals surface area contributed by atoms with Crippen LogP contribution in [0.5, 0.6) is 0 Å². The highest BCUT2D eigenvalue weighted by Crippen LogP contribution is 2.40. The second-order valence-corrected chi connectivity index (χ2v) is 7.01. The minimum absolute atomic E-state index is 0.0467. The van der Waals surface area contributed by atoms with Crippen LogP contribution in [0.25, 0.3) is 11.5 Å². The van der Waals surface area contributed by atoms with Crippen LogP contribution < -0.4 is 11.1 Å². The number of hydrogen-bond acceptors (Lipinski definition) is 8. The molecule has 0 aliphatic rings. The van der Waals surface area contributed by atoms with Crippen LogP contribution in [0.3, 0.4) is 0 Å². The number of nitrogens with one attached hydrogen (secondary N) is 1. The molecule has 0 saturated heterocycles. The van der Waals surface area contributed by atoms with Crippen molar-refractivity contribution in [3.05, 3.63) is 77.7 Å². The van der Waals surface area contributed by atoms with Gasteiger partial charge in [-0.05, 0) is 30.3 Å². The van der Waals surface area contributed by atoms with E-state index in [0.29, 0.717) is 11.4 Å². The topological polar surface area (TPSA) is 114 Å². The smallest absolute Gasteiger partial charge is 0.382 e. The molecule has 4 rings (SSSR count). The highest BCUT2D eigenvalue weighted by Gasteiger charge is 2.34. The van der Waals surface area contributed by atoms with E-state index in [2.05, 4.69) is 35.5 Å². The highest BCUT2D eigenvalue weighted by atomic mass is 35.5. The van der Waals surface area contributed by atoms with Gasteiger partial charge >= 0.3 is 6.18 Å². The number of benzene rings is 2. The molecule has 0 amide bonds. The van der Waals surface area contributed by atoms with E-state index in [0.717, 1.165) is 12.1 Å². The van der Waals surface area contributed by atoms with Gasteiger partial charge < -0.3 is 11.1 Å². The first-order valence-corrected chi connectivity index (χ1v) is 9.73. The largest absolute Gasteiger partial charge is 0.418 e. The van der Waals surface area contributed by atoms with Crippen molar-refractivity contribution < 1.29 is 13.2 Å². The number of rotatable bonds is 5. The second-order valence-electron chi connectivity index (χ2n) is 6.57. The Morgan fingerprint density at radius 3 is 2.45 bits per heavy atom. The number of nitrogens with zero attached hydrogens (tertiary/aromatic N) is 6. The molecule has 2 aromatic heterocycles. The first-order valence-electron chi connectivity index (χ1n) is 9.36. The molecule has 2 heterocycles. The maximum absolute atomic E-state index is 13.4. The van der Waals surface area contributed by atoms with Crippen molar-refractivity contribution in [2.45, 2.75) is 6.18 Å². The molecule has 166 valence electrons. The zero-order chi connectivity index (χ0) is 23.4. The van der Waals surface area contributed by atoms with E-state index in [1.54, 1.807) is 24.3 Å². The lowest BCUT2D eigenvalue weighted by Gasteiger charge is -2.12. The summed E-state index contributed by atoms with van der Waals surface area (Å²) in [5.74, 6) is 0.163. The maximum Gasteiger partial charge on any atom is 0.418 e. The quantitative estimate of drug-likeness (QED) is 0.328. The molecule has 3 N–H and O–H groups in total. The fourth-order valence-electron chi connectivity index (χ4n) is 2.77. The number of anilines is 3. The zero-order valence-electron chi connectivity index (χ0n) is 16.6. The van der Waals surface area contributed by atoms with Crippen LogP contribution >= 0.6 is 11.6 Å². The molecule has 2 aromatic carbocycles. The van der Waals surface area contributed by atoms with Crippen LogP contribution in [0, 0.1) is 0 Å². The van der Waals surface area contributed by atoms with Gasteiger partial charge in [0, 0.05) is 23.1 Å². The van der Waals surface area contributed by atoms with Crippen LogP contribution in [0.1, 0.15) is 5.56 Å². The summed E-state index contributed by atoms with van der Waals surface area (Å²) in [4.78, 5) is 16.7. The zero-order valence-corrected chi connectivity index (χ0v) is 17.4. The summed E-state index contributed by atoms with van der Waals surface area (Å²) in [6.07, 6.45) is -0.275. The molecule has 0 saturated carbocycles. The third-order valence-corrected chi connectivity index (χ3v) is 4.50. The molecule has 4 aromatic rings. The van der Waals surface area contributed by atoms with Crippen LogP contribution in [-0.4, -0.2) is 19.9 Å². The molecule has 0 aliphatic carbocycles. The molecule has 0 unspecified atom stereocenters. The van der Waals surface area contributed by atoms with Crippen molar-refractivity contribution in [2.24, 2.45) is 10.2 Å². The average molecular weight is 471 g/mol. The van der Waals surface area contributed by atoms with Gasteiger partial charge in [-0.25, -0.2) is 15.0 Å². The van der Waals surface area contributed by atoms with Crippen LogP contribution in [-0.2, 0) is 6.18 Å². The highest BCUT2D eigenvalue weighted by molar-refractivity contribution is 6.30. The van der Waals surface area contributed by atoms with E-state index >= 15 is 0 Å². The summed E-state index contributed by atoms with van der Waals surface area (Å²) < 4.78 is 40.2. The summed E-state index contributed by atoms with van der Waals surface area (Å²) in [6, 6.07) is 12.1. The van der Waals surface area contributed by atoms with E-state index in [1.807, 2.05) is 6.07 Å². The Morgan fingerprint density at radius 1 is 0.970 bits per heavy atom. The number of nitrogen functional groups attached to an aromatic ring is 1. The molecular formula is C21H14ClF3N8. The van der Waals surface area contributed by atoms with Gasteiger partial charge in [0.1, 0.15) is 5.69 Å². The van der Waals surface area contributed by atoms with Crippen molar-refractivity contribution in [3.8, 4) is 11.5 Å². The van der Waals surface area contributed by atoms with E-state index < -0.39 is 17.4 Å². The first kappa shape index (κ1) is 22.1. The van der Waals surface area contributed by atoms with Gasteiger partial charge in [0.05, 0.1) is 17.4 Å². The van der Waals surface area contributed by atoms with Gasteiger partial charge in [-0.1, -0.05) is 29.8 Å². The third kappa shape index (κ3) is 5.21. The molecule has 0 bridgehead atoms. The molecule has 33 heavy (non-hydrogen) atoms. The lowest BCUT2D eigenvalue weighted by Crippen LogP contribution is -2.05. The summed E-state index contributed by atoms with van der Waals surface area (Å²) in [6.45, 7) is 0. The van der Waals surface area contributed by atoms with Gasteiger partial charge in [-0.2, -0.15) is 13.2 Å². The molecule has 0 radical (unpaired) electrons. The third-order valence-electron chi connectivity index (χ3n) is 4.26. The minimum atomic E-state index is -4.68. The Bertz CT molecular complexity index is 1300. The molecule has 0 spiro atoms. The summed E-state index contributed by atoms with van der Waals surface area (Å²) in [7, 11) is 0. The lowest BCUT2D eigenvalue weighted by atomic mass is 10.2. The van der Waals surface area contributed by atoms with Crippen molar-refractivity contribution in [1.29, 1.82) is 0 Å². The second kappa shape index (κ2) is 9.17. The number of aromatic nitrogens is 4. The Balaban J connectivity index is 1.81. The Morgan fingerprint density at radius 2 is 1.76 bits per heavy atom. The predicted molar refractivity (Wildman–Crippen MR) is 118 cm³/mol. The molecule has 8 nitrogen and oxygen atoms in total. The van der Waals surface area contributed by atoms with Crippen LogP contribution in [0.4, 0.5) is 41.9 Å². The lowest BCUT2D eigenvalue weighted by molar-refractivity contribution is -0.137. The molecule has 0 fully saturated rings. The van der Waals surface area contributed by atoms with Crippen molar-refractivity contribution in [2.75, 3.05) is 11.1 Å². The normalized spacial score (nSPS) is 11.6. The predicted octanol–water partition coefficient (Wildman–Crippen LogP) is 6.35. The van der Waals surface area contributed by atoms with E-state index in [4.69, 9.17) is 17.3 Å². The summed E-state index contributed by atoms with van der Waals surface area (Å²) in [5.41, 5.74) is 5.56. The number of azo groups is 1. The van der Waals surface area contributed by atoms with Crippen molar-refractivity contribution in [1.82, 2.24) is 19.9 Å². The van der Waals surface area contributed by atoms with E-state index in [9.17, 15) is 13.2 Å². The van der Waals surface area contributed by atoms with Crippen molar-refractivity contribution >= 4 is 40.3 Å². The van der Waals surface area contributed by atoms with Gasteiger partial charge in [0.15, 0.2) is 23.1 Å². The van der Waals surface area contributed by atoms with Crippen LogP contribution in [0.2, 0.25) is 5.02 Å². The average Bonchev–Trinajstić information content (AvgIpc) is 2.80. The Kier molecular flexibility index (Phi) is 6.13. The Hall–Kier alpha value is -4.12. The summed E-state index contributed by atoms with van der Waals surface area (Å²) in [5, 5.41) is 10.7. The molecule has 0 atom stereocenters. The van der Waals surface area contributed by atoms with Crippen molar-refractivity contribution in [3.63, 3.8) is 0 Å². The Labute approximate surface area is 190 Å². The SMILES string of the molecule is Nc1nc(-c2cnccn2)nc(Nc2ccccc2)c1N=Nc1ccc(Cl)cc1C(F)(F)F. The van der Waals surface area contributed by atoms with Gasteiger partial charge in [0.2, 0.25) is 0 Å². The molecular weight excluding hydrogens is 457 g/mol. The molecule has 0 aliphatic heterocycles. The van der Waals surface area contributed by atoms with Gasteiger partial charge in [-0.15, -0.1) is 10.2 Å². The monoisotopic (exact) mass is 470 g/mol. The van der Waals surface area contributed by atoms with E-state index in [-0.39, 0.29) is 28.2 Å². The molecule has 12 heteroatoms. The minimum Gasteiger partial charge on any atom is -0.382 e.